The van der Waals surface area contributed by atoms with Gasteiger partial charge in [0.1, 0.15) is 18.0 Å². The molecule has 0 aliphatic heterocycles. The molecule has 1 unspecified atom stereocenters. The molecule has 166 valence electrons. The summed E-state index contributed by atoms with van der Waals surface area (Å²) in [6, 6.07) is 8.60. The Morgan fingerprint density at radius 2 is 1.55 bits per heavy atom. The van der Waals surface area contributed by atoms with Crippen LogP contribution in [-0.2, 0) is 19.0 Å². The quantitative estimate of drug-likeness (QED) is 0.344. The van der Waals surface area contributed by atoms with Crippen LogP contribution in [0.3, 0.4) is 0 Å². The summed E-state index contributed by atoms with van der Waals surface area (Å²) in [5.41, 5.74) is 0.789. The first-order valence-corrected chi connectivity index (χ1v) is 10.6. The van der Waals surface area contributed by atoms with Gasteiger partial charge in [-0.25, -0.2) is 4.79 Å². The zero-order valence-electron chi connectivity index (χ0n) is 18.8. The normalized spacial score (nSPS) is 12.6. The fourth-order valence-electron chi connectivity index (χ4n) is 2.58. The van der Waals surface area contributed by atoms with Gasteiger partial charge in [-0.1, -0.05) is 12.1 Å². The molecule has 1 rings (SSSR count). The molecule has 0 radical (unpaired) electrons. The van der Waals surface area contributed by atoms with E-state index in [0.29, 0.717) is 19.3 Å². The maximum Gasteiger partial charge on any atom is 0.332 e. The van der Waals surface area contributed by atoms with Gasteiger partial charge in [0.05, 0.1) is 6.61 Å². The summed E-state index contributed by atoms with van der Waals surface area (Å²) >= 11 is 0. The molecule has 0 aliphatic carbocycles. The first-order chi connectivity index (χ1) is 13.8. The minimum atomic E-state index is -0.468. The monoisotopic (exact) mass is 409 g/mol. The van der Waals surface area contributed by atoms with Crippen LogP contribution in [0.1, 0.15) is 65.0 Å². The predicted molar refractivity (Wildman–Crippen MR) is 115 cm³/mol. The third-order valence-electron chi connectivity index (χ3n) is 4.23. The van der Waals surface area contributed by atoms with Crippen LogP contribution in [-0.4, -0.2) is 51.7 Å². The van der Waals surface area contributed by atoms with Crippen LogP contribution in [0, 0.1) is 0 Å². The predicted octanol–water partition coefficient (Wildman–Crippen LogP) is 4.28. The molecule has 0 saturated heterocycles. The van der Waals surface area contributed by atoms with Gasteiger partial charge in [0.25, 0.3) is 0 Å². The fourth-order valence-corrected chi connectivity index (χ4v) is 2.58. The molecule has 0 heterocycles. The van der Waals surface area contributed by atoms with E-state index in [9.17, 15) is 4.79 Å². The molecule has 0 fully saturated rings. The summed E-state index contributed by atoms with van der Waals surface area (Å²) < 4.78 is 21.8. The topological polar surface area (TPSA) is 66.0 Å². The van der Waals surface area contributed by atoms with E-state index in [1.165, 1.54) is 5.56 Å². The maximum atomic E-state index is 11.5. The minimum absolute atomic E-state index is 0.00544. The van der Waals surface area contributed by atoms with E-state index in [0.717, 1.165) is 44.6 Å². The molecule has 0 aromatic heterocycles. The number of benzene rings is 1. The van der Waals surface area contributed by atoms with Crippen LogP contribution < -0.4 is 10.1 Å². The second-order valence-corrected chi connectivity index (χ2v) is 8.09. The van der Waals surface area contributed by atoms with E-state index in [-0.39, 0.29) is 12.6 Å². The summed E-state index contributed by atoms with van der Waals surface area (Å²) in [6.45, 7) is 10.3. The summed E-state index contributed by atoms with van der Waals surface area (Å²) in [5.74, 6) is 0.587. The third kappa shape index (κ3) is 13.3. The average Bonchev–Trinajstić information content (AvgIpc) is 2.67. The Labute approximate surface area is 176 Å². The van der Waals surface area contributed by atoms with Crippen molar-refractivity contribution in [2.24, 2.45) is 0 Å². The van der Waals surface area contributed by atoms with Gasteiger partial charge in [-0.3, -0.25) is 0 Å². The van der Waals surface area contributed by atoms with Crippen molar-refractivity contribution in [3.05, 3.63) is 29.8 Å². The highest BCUT2D eigenvalue weighted by atomic mass is 16.6. The number of rotatable bonds is 15. The molecule has 6 nitrogen and oxygen atoms in total. The second kappa shape index (κ2) is 14.4. The minimum Gasteiger partial charge on any atom is -0.494 e. The maximum absolute atomic E-state index is 11.5. The standard InChI is InChI=1S/C23H39NO5/c1-19(24-5)20-10-12-21(13-11-20)28-17-8-6-7-14-26-15-9-16-27-18-22(25)29-23(2,3)4/h10-13,19,24H,6-9,14-18H2,1-5H3. The molecule has 0 saturated carbocycles. The van der Waals surface area contributed by atoms with Crippen LogP contribution in [0.5, 0.6) is 5.75 Å². The lowest BCUT2D eigenvalue weighted by Gasteiger charge is -2.19. The third-order valence-corrected chi connectivity index (χ3v) is 4.23. The first kappa shape index (κ1) is 25.4. The van der Waals surface area contributed by atoms with Crippen molar-refractivity contribution in [1.29, 1.82) is 0 Å². The second-order valence-electron chi connectivity index (χ2n) is 8.09. The highest BCUT2D eigenvalue weighted by Gasteiger charge is 2.15. The smallest absolute Gasteiger partial charge is 0.332 e. The SMILES string of the molecule is CNC(C)c1ccc(OCCCCCOCCCOCC(=O)OC(C)(C)C)cc1. The van der Waals surface area contributed by atoms with Crippen LogP contribution >= 0.6 is 0 Å². The number of hydrogen-bond acceptors (Lipinski definition) is 6. The summed E-state index contributed by atoms with van der Waals surface area (Å²) in [5, 5.41) is 3.22. The van der Waals surface area contributed by atoms with Crippen LogP contribution in [0.2, 0.25) is 0 Å². The van der Waals surface area contributed by atoms with E-state index in [1.807, 2.05) is 40.0 Å². The van der Waals surface area contributed by atoms with Gasteiger partial charge in [-0.05, 0) is 78.1 Å². The van der Waals surface area contributed by atoms with E-state index in [2.05, 4.69) is 24.4 Å². The molecule has 0 bridgehead atoms. The number of esters is 1. The van der Waals surface area contributed by atoms with Gasteiger partial charge in [0.2, 0.25) is 0 Å². The molecular weight excluding hydrogens is 370 g/mol. The molecule has 1 N–H and O–H groups in total. The Bertz CT molecular complexity index is 553. The van der Waals surface area contributed by atoms with Gasteiger partial charge < -0.3 is 24.3 Å². The van der Waals surface area contributed by atoms with E-state index in [1.54, 1.807) is 0 Å². The van der Waals surface area contributed by atoms with Gasteiger partial charge in [-0.15, -0.1) is 0 Å². The van der Waals surface area contributed by atoms with Crippen molar-refractivity contribution in [2.75, 3.05) is 40.1 Å². The molecular formula is C23H39NO5. The van der Waals surface area contributed by atoms with Crippen molar-refractivity contribution < 1.29 is 23.7 Å². The molecule has 1 aromatic carbocycles. The fraction of sp³-hybridized carbons (Fsp3) is 0.696. The highest BCUT2D eigenvalue weighted by molar-refractivity contribution is 5.71. The lowest BCUT2D eigenvalue weighted by Crippen LogP contribution is -2.26. The Kier molecular flexibility index (Phi) is 12.6. The lowest BCUT2D eigenvalue weighted by atomic mass is 10.1. The average molecular weight is 410 g/mol. The van der Waals surface area contributed by atoms with Crippen molar-refractivity contribution in [2.45, 2.75) is 65.0 Å². The van der Waals surface area contributed by atoms with Crippen LogP contribution in [0.15, 0.2) is 24.3 Å². The zero-order chi connectivity index (χ0) is 21.5. The largest absolute Gasteiger partial charge is 0.494 e. The van der Waals surface area contributed by atoms with Crippen molar-refractivity contribution in [3.8, 4) is 5.75 Å². The van der Waals surface area contributed by atoms with Gasteiger partial charge >= 0.3 is 5.97 Å². The van der Waals surface area contributed by atoms with E-state index < -0.39 is 5.60 Å². The Balaban J connectivity index is 1.91. The number of carbonyl (C=O) groups excluding carboxylic acids is 1. The zero-order valence-corrected chi connectivity index (χ0v) is 18.8. The van der Waals surface area contributed by atoms with Crippen molar-refractivity contribution in [3.63, 3.8) is 0 Å². The van der Waals surface area contributed by atoms with Crippen molar-refractivity contribution >= 4 is 5.97 Å². The molecule has 0 aliphatic rings. The summed E-state index contributed by atoms with van der Waals surface area (Å²) in [4.78, 5) is 11.5. The molecule has 6 heteroatoms. The molecule has 0 amide bonds. The Morgan fingerprint density at radius 1 is 0.931 bits per heavy atom. The number of hydrogen-bond donors (Lipinski definition) is 1. The van der Waals surface area contributed by atoms with Crippen molar-refractivity contribution in [1.82, 2.24) is 5.32 Å². The Morgan fingerprint density at radius 3 is 2.21 bits per heavy atom. The Hall–Kier alpha value is -1.63. The molecule has 29 heavy (non-hydrogen) atoms. The summed E-state index contributed by atoms with van der Waals surface area (Å²) in [6.07, 6.45) is 3.87. The van der Waals surface area contributed by atoms with Gasteiger partial charge in [-0.2, -0.15) is 0 Å². The van der Waals surface area contributed by atoms with Gasteiger partial charge in [0, 0.05) is 25.9 Å². The number of ether oxygens (including phenoxy) is 4. The molecule has 1 atom stereocenters. The summed E-state index contributed by atoms with van der Waals surface area (Å²) in [7, 11) is 1.96. The van der Waals surface area contributed by atoms with E-state index in [4.69, 9.17) is 18.9 Å². The first-order valence-electron chi connectivity index (χ1n) is 10.6. The lowest BCUT2D eigenvalue weighted by molar-refractivity contribution is -0.160. The van der Waals surface area contributed by atoms with E-state index >= 15 is 0 Å². The van der Waals surface area contributed by atoms with Gasteiger partial charge in [0.15, 0.2) is 0 Å². The molecule has 1 aromatic rings. The number of carbonyl (C=O) groups is 1. The highest BCUT2D eigenvalue weighted by Crippen LogP contribution is 2.17. The van der Waals surface area contributed by atoms with Crippen LogP contribution in [0.25, 0.3) is 0 Å². The number of unbranched alkanes of at least 4 members (excludes halogenated alkanes) is 2. The molecule has 0 spiro atoms. The van der Waals surface area contributed by atoms with Crippen LogP contribution in [0.4, 0.5) is 0 Å². The number of nitrogens with one attached hydrogen (secondary N) is 1.